The molecule has 0 N–H and O–H groups in total. The second-order valence-corrected chi connectivity index (χ2v) is 15.9. The van der Waals surface area contributed by atoms with Gasteiger partial charge in [0.05, 0.1) is 6.10 Å². The van der Waals surface area contributed by atoms with Crippen molar-refractivity contribution in [3.63, 3.8) is 0 Å². The number of fused-ring (bicyclic) bond motifs is 5. The fourth-order valence-electron chi connectivity index (χ4n) is 9.89. The Morgan fingerprint density at radius 3 is 2.10 bits per heavy atom. The van der Waals surface area contributed by atoms with E-state index in [1.807, 2.05) is 0 Å². The summed E-state index contributed by atoms with van der Waals surface area (Å²) in [6.45, 7) is 11.5. The minimum Gasteiger partial charge on any atom is -0.726 e. The van der Waals surface area contributed by atoms with Crippen LogP contribution in [0, 0.1) is 52.3 Å². The van der Waals surface area contributed by atoms with Crippen LogP contribution in [0.5, 0.6) is 0 Å². The van der Waals surface area contributed by atoms with Crippen LogP contribution in [0.4, 0.5) is 0 Å². The van der Waals surface area contributed by atoms with Crippen molar-refractivity contribution in [1.29, 1.82) is 0 Å². The predicted octanol–water partition coefficient (Wildman–Crippen LogP) is 4.52. The van der Waals surface area contributed by atoms with Gasteiger partial charge in [0, 0.05) is 0 Å². The number of hydrogen-bond acceptors (Lipinski definition) is 14. The normalized spacial score (nSPS) is 40.9. The minimum absolute atomic E-state index is 0.139. The van der Waals surface area contributed by atoms with Gasteiger partial charge in [0.15, 0.2) is 24.6 Å². The van der Waals surface area contributed by atoms with Gasteiger partial charge in [0.1, 0.15) is 12.2 Å². The Kier molecular flexibility index (Phi) is 12.4. The van der Waals surface area contributed by atoms with Crippen molar-refractivity contribution >= 4 is 35.0 Å². The zero-order chi connectivity index (χ0) is 30.7. The molecule has 4 aliphatic carbocycles. The molecule has 246 valence electrons. The van der Waals surface area contributed by atoms with Gasteiger partial charge in [-0.15, -0.1) is 8.67 Å². The molecule has 0 bridgehead atoms. The van der Waals surface area contributed by atoms with Crippen molar-refractivity contribution in [2.45, 2.75) is 117 Å². The van der Waals surface area contributed by atoms with Crippen molar-refractivity contribution in [3.05, 3.63) is 0 Å². The fourth-order valence-corrected chi connectivity index (χ4v) is 11.1. The van der Waals surface area contributed by atoms with Crippen LogP contribution in [0.3, 0.4) is 0 Å². The second kappa shape index (κ2) is 14.8. The highest BCUT2D eigenvalue weighted by molar-refractivity contribution is 7.90. The molecular formula is C27H45O12S3-3. The Bertz CT molecular complexity index is 972. The first-order valence-corrected chi connectivity index (χ1v) is 17.7. The Morgan fingerprint density at radius 2 is 1.48 bits per heavy atom. The molecule has 0 spiro atoms. The highest BCUT2D eigenvalue weighted by Crippen LogP contribution is 2.69. The summed E-state index contributed by atoms with van der Waals surface area (Å²) in [6.07, 6.45) is 6.94. The number of hydrogen-bond donors (Lipinski definition) is 0. The molecule has 4 saturated carbocycles. The van der Waals surface area contributed by atoms with Gasteiger partial charge in [0.25, 0.3) is 0 Å². The molecule has 42 heavy (non-hydrogen) atoms. The SMILES string of the molecule is CC(C)CCCC(C)[C@H]1CCC2C3C[C@H](OS(=O)(=O)[O-])C4C[C@H](OSOO[O-])[C@@H](OSOO[O-])C[C@]4(C)C3CC[C@@]21C. The van der Waals surface area contributed by atoms with E-state index in [4.69, 9.17) is 12.5 Å². The van der Waals surface area contributed by atoms with Gasteiger partial charge in [-0.05, 0) is 97.2 Å². The van der Waals surface area contributed by atoms with E-state index in [1.165, 1.54) is 19.3 Å². The topological polar surface area (TPSA) is 168 Å². The smallest absolute Gasteiger partial charge is 0.217 e. The van der Waals surface area contributed by atoms with Crippen LogP contribution in [-0.2, 0) is 41.7 Å². The molecule has 0 saturated heterocycles. The van der Waals surface area contributed by atoms with Gasteiger partial charge in [-0.2, -0.15) is 0 Å². The van der Waals surface area contributed by atoms with E-state index < -0.39 is 34.1 Å². The summed E-state index contributed by atoms with van der Waals surface area (Å²) in [5, 5.41) is 27.5. The molecule has 15 heteroatoms. The van der Waals surface area contributed by atoms with Crippen LogP contribution < -0.4 is 10.5 Å². The lowest BCUT2D eigenvalue weighted by atomic mass is 9.43. The van der Waals surface area contributed by atoms with E-state index >= 15 is 0 Å². The van der Waals surface area contributed by atoms with Crippen LogP contribution in [0.25, 0.3) is 0 Å². The zero-order valence-electron chi connectivity index (χ0n) is 25.0. The summed E-state index contributed by atoms with van der Waals surface area (Å²) >= 11 is 0.694. The predicted molar refractivity (Wildman–Crippen MR) is 148 cm³/mol. The van der Waals surface area contributed by atoms with Gasteiger partial charge in [-0.3, -0.25) is 22.6 Å². The lowest BCUT2D eigenvalue weighted by Gasteiger charge is -2.63. The lowest BCUT2D eigenvalue weighted by molar-refractivity contribution is -0.778. The van der Waals surface area contributed by atoms with Crippen molar-refractivity contribution in [1.82, 2.24) is 0 Å². The first-order valence-electron chi connectivity index (χ1n) is 15.1. The third kappa shape index (κ3) is 7.78. The molecule has 0 aromatic heterocycles. The standard InChI is InChI=1S/C27H48O12S3/c1-16(2)7-6-8-17(3)19-9-10-20-18-13-23(35-42(30,31)32)22-14-24(33-40-38-36-28)25(34-41-39-37-29)15-27(22,5)21(18)11-12-26(19,20)4/h16-25,28-29H,6-15H2,1-5H3,(H,30,31,32)/p-3/t17?,18?,19-,20?,21?,22?,23+,24+,25+,26-,27-/m1/s1. The maximum Gasteiger partial charge on any atom is 0.217 e. The van der Waals surface area contributed by atoms with E-state index in [-0.39, 0.29) is 29.6 Å². The van der Waals surface area contributed by atoms with Crippen molar-refractivity contribution in [2.24, 2.45) is 52.3 Å². The maximum absolute atomic E-state index is 12.0. The molecule has 4 aliphatic rings. The molecule has 0 aromatic carbocycles. The largest absolute Gasteiger partial charge is 0.726 e. The highest BCUT2D eigenvalue weighted by atomic mass is 32.3. The zero-order valence-corrected chi connectivity index (χ0v) is 27.4. The van der Waals surface area contributed by atoms with Crippen LogP contribution in [0.1, 0.15) is 98.8 Å². The summed E-state index contributed by atoms with van der Waals surface area (Å²) in [4.78, 5) is 0. The Hall–Kier alpha value is 0.250. The Morgan fingerprint density at radius 1 is 0.833 bits per heavy atom. The van der Waals surface area contributed by atoms with E-state index in [0.29, 0.717) is 61.2 Å². The molecule has 0 aromatic rings. The summed E-state index contributed by atoms with van der Waals surface area (Å²) in [5.41, 5.74) is -0.329. The quantitative estimate of drug-likeness (QED) is 0.0602. The molecule has 0 aliphatic heterocycles. The highest BCUT2D eigenvalue weighted by Gasteiger charge is 2.64. The van der Waals surface area contributed by atoms with Crippen molar-refractivity contribution < 1.29 is 54.8 Å². The van der Waals surface area contributed by atoms with E-state index in [1.54, 1.807) is 0 Å². The first-order chi connectivity index (χ1) is 19.8. The van der Waals surface area contributed by atoms with Gasteiger partial charge >= 0.3 is 0 Å². The van der Waals surface area contributed by atoms with E-state index in [0.717, 1.165) is 25.7 Å². The molecular weight excluding hydrogens is 612 g/mol. The van der Waals surface area contributed by atoms with E-state index in [2.05, 4.69) is 53.4 Å². The van der Waals surface area contributed by atoms with Crippen molar-refractivity contribution in [3.8, 4) is 0 Å². The maximum atomic E-state index is 12.0. The average molecular weight is 658 g/mol. The molecule has 0 heterocycles. The van der Waals surface area contributed by atoms with E-state index in [9.17, 15) is 23.5 Å². The van der Waals surface area contributed by atoms with Gasteiger partial charge in [-0.1, -0.05) is 53.9 Å². The van der Waals surface area contributed by atoms with Crippen LogP contribution >= 0.6 is 24.6 Å². The van der Waals surface area contributed by atoms with Crippen molar-refractivity contribution in [2.75, 3.05) is 0 Å². The van der Waals surface area contributed by atoms with Gasteiger partial charge < -0.3 is 15.1 Å². The third-order valence-electron chi connectivity index (χ3n) is 11.5. The third-order valence-corrected chi connectivity index (χ3v) is 12.9. The molecule has 0 amide bonds. The van der Waals surface area contributed by atoms with Crippen LogP contribution in [0.2, 0.25) is 0 Å². The summed E-state index contributed by atoms with van der Waals surface area (Å²) < 4.78 is 61.2. The van der Waals surface area contributed by atoms with Gasteiger partial charge in [-0.25, -0.2) is 8.42 Å². The van der Waals surface area contributed by atoms with Crippen LogP contribution in [-0.4, -0.2) is 31.3 Å². The average Bonchev–Trinajstić information content (AvgIpc) is 3.26. The Labute approximate surface area is 258 Å². The summed E-state index contributed by atoms with van der Waals surface area (Å²) in [7, 11) is -4.98. The molecule has 12 nitrogen and oxygen atoms in total. The molecule has 5 unspecified atom stereocenters. The summed E-state index contributed by atoms with van der Waals surface area (Å²) in [5.74, 6) is 2.38. The fraction of sp³-hybridized carbons (Fsp3) is 1.00. The number of rotatable bonds is 15. The molecule has 4 fully saturated rings. The Balaban J connectivity index is 1.60. The summed E-state index contributed by atoms with van der Waals surface area (Å²) in [6, 6.07) is 0. The second-order valence-electron chi connectivity index (χ2n) is 13.9. The van der Waals surface area contributed by atoms with Gasteiger partial charge in [0.2, 0.25) is 10.4 Å². The monoisotopic (exact) mass is 657 g/mol. The first kappa shape index (κ1) is 35.1. The lowest BCUT2D eigenvalue weighted by Crippen LogP contribution is -2.61. The molecule has 11 atom stereocenters. The molecule has 4 rings (SSSR count). The minimum atomic E-state index is -4.98. The molecule has 0 radical (unpaired) electrons. The van der Waals surface area contributed by atoms with Crippen LogP contribution in [0.15, 0.2) is 0 Å².